The van der Waals surface area contributed by atoms with E-state index >= 15 is 0 Å². The van der Waals surface area contributed by atoms with Crippen LogP contribution in [-0.2, 0) is 6.42 Å². The number of rotatable bonds is 2. The van der Waals surface area contributed by atoms with E-state index in [0.717, 1.165) is 11.3 Å². The van der Waals surface area contributed by atoms with E-state index in [2.05, 4.69) is 4.98 Å². The second-order valence-electron chi connectivity index (χ2n) is 3.17. The van der Waals surface area contributed by atoms with Gasteiger partial charge < -0.3 is 4.42 Å². The minimum absolute atomic E-state index is 0.225. The van der Waals surface area contributed by atoms with Crippen molar-refractivity contribution in [2.24, 2.45) is 0 Å². The monoisotopic (exact) mass is 191 g/mol. The van der Waals surface area contributed by atoms with Gasteiger partial charge in [0, 0.05) is 6.42 Å². The number of halogens is 1. The number of oxazole rings is 1. The van der Waals surface area contributed by atoms with Crippen molar-refractivity contribution in [2.75, 3.05) is 0 Å². The molecule has 0 spiro atoms. The smallest absolute Gasteiger partial charge is 0.198 e. The van der Waals surface area contributed by atoms with Crippen LogP contribution in [0.4, 0.5) is 4.39 Å². The number of benzene rings is 1. The molecule has 0 N–H and O–H groups in total. The average Bonchev–Trinajstić information content (AvgIpc) is 2.56. The van der Waals surface area contributed by atoms with E-state index in [0.29, 0.717) is 12.3 Å². The molecule has 2 rings (SSSR count). The second kappa shape index (κ2) is 3.62. The van der Waals surface area contributed by atoms with E-state index in [1.807, 2.05) is 6.92 Å². The third-order valence-corrected chi connectivity index (χ3v) is 1.94. The quantitative estimate of drug-likeness (QED) is 0.729. The lowest BCUT2D eigenvalue weighted by Crippen LogP contribution is -1.87. The van der Waals surface area contributed by atoms with E-state index in [1.165, 1.54) is 12.1 Å². The maximum atomic E-state index is 12.6. The van der Waals surface area contributed by atoms with Crippen LogP contribution in [0.5, 0.6) is 0 Å². The Labute approximate surface area is 81.4 Å². The Hall–Kier alpha value is -1.64. The summed E-state index contributed by atoms with van der Waals surface area (Å²) in [7, 11) is 0. The van der Waals surface area contributed by atoms with E-state index in [4.69, 9.17) is 4.42 Å². The molecule has 0 unspecified atom stereocenters. The normalized spacial score (nSPS) is 10.4. The maximum absolute atomic E-state index is 12.6. The van der Waals surface area contributed by atoms with Gasteiger partial charge in [0.1, 0.15) is 11.6 Å². The van der Waals surface area contributed by atoms with Gasteiger partial charge >= 0.3 is 0 Å². The Bertz CT molecular complexity index is 419. The van der Waals surface area contributed by atoms with Crippen molar-refractivity contribution in [3.05, 3.63) is 53.5 Å². The molecule has 0 aliphatic rings. The van der Waals surface area contributed by atoms with Crippen LogP contribution in [0, 0.1) is 12.7 Å². The van der Waals surface area contributed by atoms with Gasteiger partial charge in [-0.1, -0.05) is 12.1 Å². The summed E-state index contributed by atoms with van der Waals surface area (Å²) >= 11 is 0. The summed E-state index contributed by atoms with van der Waals surface area (Å²) in [5, 5.41) is 0. The lowest BCUT2D eigenvalue weighted by Gasteiger charge is -1.96. The Morgan fingerprint density at radius 1 is 1.29 bits per heavy atom. The van der Waals surface area contributed by atoms with Crippen molar-refractivity contribution in [2.45, 2.75) is 13.3 Å². The second-order valence-corrected chi connectivity index (χ2v) is 3.17. The summed E-state index contributed by atoms with van der Waals surface area (Å²) in [5.74, 6) is 1.23. The minimum atomic E-state index is -0.225. The molecule has 2 nitrogen and oxygen atoms in total. The summed E-state index contributed by atoms with van der Waals surface area (Å²) in [4.78, 5) is 4.07. The van der Waals surface area contributed by atoms with Crippen LogP contribution < -0.4 is 0 Å². The molecular formula is C11H10FNO. The van der Waals surface area contributed by atoms with Crippen molar-refractivity contribution in [1.82, 2.24) is 4.98 Å². The maximum Gasteiger partial charge on any atom is 0.198 e. The number of nitrogens with zero attached hydrogens (tertiary/aromatic N) is 1. The van der Waals surface area contributed by atoms with Gasteiger partial charge in [0.25, 0.3) is 0 Å². The molecular weight excluding hydrogens is 181 g/mol. The topological polar surface area (TPSA) is 26.0 Å². The first-order chi connectivity index (χ1) is 6.74. The first-order valence-corrected chi connectivity index (χ1v) is 4.40. The van der Waals surface area contributed by atoms with Crippen molar-refractivity contribution in [3.8, 4) is 0 Å². The van der Waals surface area contributed by atoms with Gasteiger partial charge in [-0.2, -0.15) is 0 Å². The van der Waals surface area contributed by atoms with Crippen LogP contribution in [0.15, 0.2) is 34.9 Å². The standard InChI is InChI=1S/C11H10FNO/c1-8-7-13-11(14-8)6-9-2-4-10(12)5-3-9/h2-5,7H,6H2,1H3. The van der Waals surface area contributed by atoms with E-state index in [-0.39, 0.29) is 5.82 Å². The minimum Gasteiger partial charge on any atom is -0.446 e. The summed E-state index contributed by atoms with van der Waals surface area (Å²) in [5.41, 5.74) is 0.994. The lowest BCUT2D eigenvalue weighted by atomic mass is 10.1. The zero-order valence-electron chi connectivity index (χ0n) is 7.83. The fourth-order valence-corrected chi connectivity index (χ4v) is 1.26. The van der Waals surface area contributed by atoms with Gasteiger partial charge in [-0.25, -0.2) is 9.37 Å². The Balaban J connectivity index is 2.15. The summed E-state index contributed by atoms with van der Waals surface area (Å²) in [6.45, 7) is 1.85. The number of hydrogen-bond acceptors (Lipinski definition) is 2. The van der Waals surface area contributed by atoms with Gasteiger partial charge in [-0.05, 0) is 24.6 Å². The molecule has 72 valence electrons. The number of aromatic nitrogens is 1. The fourth-order valence-electron chi connectivity index (χ4n) is 1.26. The zero-order chi connectivity index (χ0) is 9.97. The highest BCUT2D eigenvalue weighted by Gasteiger charge is 2.01. The fraction of sp³-hybridized carbons (Fsp3) is 0.182. The molecule has 0 fully saturated rings. The molecule has 14 heavy (non-hydrogen) atoms. The SMILES string of the molecule is Cc1cnc(Cc2ccc(F)cc2)o1. The van der Waals surface area contributed by atoms with Crippen molar-refractivity contribution >= 4 is 0 Å². The molecule has 0 aliphatic carbocycles. The summed E-state index contributed by atoms with van der Waals surface area (Å²) < 4.78 is 17.9. The molecule has 0 radical (unpaired) electrons. The van der Waals surface area contributed by atoms with Crippen LogP contribution in [0.1, 0.15) is 17.2 Å². The van der Waals surface area contributed by atoms with Gasteiger partial charge in [0.05, 0.1) is 6.20 Å². The Kier molecular flexibility index (Phi) is 2.31. The van der Waals surface area contributed by atoms with Gasteiger partial charge in [-0.3, -0.25) is 0 Å². The summed E-state index contributed by atoms with van der Waals surface area (Å²) in [6.07, 6.45) is 2.28. The third-order valence-electron chi connectivity index (χ3n) is 1.94. The molecule has 0 bridgehead atoms. The first kappa shape index (κ1) is 8.94. The Morgan fingerprint density at radius 3 is 2.57 bits per heavy atom. The summed E-state index contributed by atoms with van der Waals surface area (Å²) in [6, 6.07) is 6.33. The van der Waals surface area contributed by atoms with Crippen molar-refractivity contribution < 1.29 is 8.81 Å². The molecule has 0 amide bonds. The average molecular weight is 191 g/mol. The molecule has 1 aromatic heterocycles. The molecule has 0 atom stereocenters. The van der Waals surface area contributed by atoms with Gasteiger partial charge in [-0.15, -0.1) is 0 Å². The zero-order valence-corrected chi connectivity index (χ0v) is 7.83. The largest absolute Gasteiger partial charge is 0.446 e. The highest BCUT2D eigenvalue weighted by atomic mass is 19.1. The van der Waals surface area contributed by atoms with E-state index in [1.54, 1.807) is 18.3 Å². The highest BCUT2D eigenvalue weighted by molar-refractivity contribution is 5.19. The predicted octanol–water partition coefficient (Wildman–Crippen LogP) is 2.71. The molecule has 2 aromatic rings. The van der Waals surface area contributed by atoms with Crippen LogP contribution in [0.3, 0.4) is 0 Å². The first-order valence-electron chi connectivity index (χ1n) is 4.40. The number of hydrogen-bond donors (Lipinski definition) is 0. The Morgan fingerprint density at radius 2 is 2.00 bits per heavy atom. The molecule has 1 heterocycles. The van der Waals surface area contributed by atoms with Crippen LogP contribution in [-0.4, -0.2) is 4.98 Å². The van der Waals surface area contributed by atoms with E-state index < -0.39 is 0 Å². The molecule has 0 aliphatic heterocycles. The molecule has 0 saturated carbocycles. The molecule has 3 heteroatoms. The van der Waals surface area contributed by atoms with Crippen LogP contribution >= 0.6 is 0 Å². The van der Waals surface area contributed by atoms with Crippen LogP contribution in [0.2, 0.25) is 0 Å². The molecule has 1 aromatic carbocycles. The van der Waals surface area contributed by atoms with Gasteiger partial charge in [0.15, 0.2) is 5.89 Å². The van der Waals surface area contributed by atoms with E-state index in [9.17, 15) is 4.39 Å². The molecule has 0 saturated heterocycles. The lowest BCUT2D eigenvalue weighted by molar-refractivity contribution is 0.481. The van der Waals surface area contributed by atoms with Crippen LogP contribution in [0.25, 0.3) is 0 Å². The van der Waals surface area contributed by atoms with Crippen molar-refractivity contribution in [3.63, 3.8) is 0 Å². The van der Waals surface area contributed by atoms with Gasteiger partial charge in [0.2, 0.25) is 0 Å². The third kappa shape index (κ3) is 1.99. The highest BCUT2D eigenvalue weighted by Crippen LogP contribution is 2.10. The number of aryl methyl sites for hydroxylation is 1. The predicted molar refractivity (Wildman–Crippen MR) is 50.4 cm³/mol. The van der Waals surface area contributed by atoms with Crippen molar-refractivity contribution in [1.29, 1.82) is 0 Å².